The molecule has 0 radical (unpaired) electrons. The highest BCUT2D eigenvalue weighted by molar-refractivity contribution is 5.99. The summed E-state index contributed by atoms with van der Waals surface area (Å²) in [6.07, 6.45) is 6.61. The van der Waals surface area contributed by atoms with Crippen molar-refractivity contribution < 1.29 is 9.53 Å². The van der Waals surface area contributed by atoms with Gasteiger partial charge < -0.3 is 9.64 Å². The van der Waals surface area contributed by atoms with Crippen molar-refractivity contribution in [1.82, 2.24) is 24.5 Å². The van der Waals surface area contributed by atoms with Gasteiger partial charge in [0.2, 0.25) is 5.88 Å². The molecule has 0 aliphatic rings. The number of amides is 1. The Labute approximate surface area is 133 Å². The molecule has 0 aliphatic carbocycles. The number of carbonyl (C=O) groups excluding carboxylic acids is 1. The van der Waals surface area contributed by atoms with Crippen molar-refractivity contribution in [2.45, 2.75) is 13.5 Å². The Hall–Kier alpha value is -2.96. The van der Waals surface area contributed by atoms with E-state index in [2.05, 4.69) is 15.1 Å². The Kier molecular flexibility index (Phi) is 4.18. The molecule has 3 aromatic heterocycles. The van der Waals surface area contributed by atoms with E-state index in [1.54, 1.807) is 41.1 Å². The van der Waals surface area contributed by atoms with E-state index in [4.69, 9.17) is 4.74 Å². The number of hydrogen-bond donors (Lipinski definition) is 0. The number of carbonyl (C=O) groups is 1. The Morgan fingerprint density at radius 1 is 1.30 bits per heavy atom. The van der Waals surface area contributed by atoms with E-state index in [0.29, 0.717) is 30.2 Å². The molecule has 0 aliphatic heterocycles. The van der Waals surface area contributed by atoms with Gasteiger partial charge >= 0.3 is 0 Å². The predicted molar refractivity (Wildman–Crippen MR) is 84.2 cm³/mol. The number of nitrogens with zero attached hydrogens (tertiary/aromatic N) is 5. The third kappa shape index (κ3) is 2.98. The predicted octanol–water partition coefficient (Wildman–Crippen LogP) is 1.80. The maximum Gasteiger partial charge on any atom is 0.259 e. The molecule has 0 unspecified atom stereocenters. The van der Waals surface area contributed by atoms with Gasteiger partial charge in [-0.05, 0) is 19.1 Å². The van der Waals surface area contributed by atoms with E-state index in [9.17, 15) is 4.79 Å². The van der Waals surface area contributed by atoms with Gasteiger partial charge in [-0.2, -0.15) is 5.10 Å². The molecule has 0 N–H and O–H groups in total. The van der Waals surface area contributed by atoms with Crippen molar-refractivity contribution in [2.24, 2.45) is 0 Å². The second-order valence-electron chi connectivity index (χ2n) is 5.01. The first-order valence-electron chi connectivity index (χ1n) is 7.31. The third-order valence-corrected chi connectivity index (χ3v) is 3.39. The second-order valence-corrected chi connectivity index (χ2v) is 5.01. The fourth-order valence-corrected chi connectivity index (χ4v) is 2.32. The molecule has 0 aromatic carbocycles. The van der Waals surface area contributed by atoms with Gasteiger partial charge in [-0.1, -0.05) is 6.07 Å². The lowest BCUT2D eigenvalue weighted by molar-refractivity contribution is 0.0785. The highest BCUT2D eigenvalue weighted by atomic mass is 16.5. The summed E-state index contributed by atoms with van der Waals surface area (Å²) in [7, 11) is 1.73. The summed E-state index contributed by atoms with van der Waals surface area (Å²) in [5, 5.41) is 4.15. The summed E-state index contributed by atoms with van der Waals surface area (Å²) in [5.41, 5.74) is 1.87. The van der Waals surface area contributed by atoms with Gasteiger partial charge in [0.25, 0.3) is 5.91 Å². The van der Waals surface area contributed by atoms with Gasteiger partial charge in [0.1, 0.15) is 5.56 Å². The molecule has 0 saturated heterocycles. The summed E-state index contributed by atoms with van der Waals surface area (Å²) in [6.45, 7) is 2.82. The van der Waals surface area contributed by atoms with Gasteiger partial charge in [-0.15, -0.1) is 0 Å². The van der Waals surface area contributed by atoms with Gasteiger partial charge in [0, 0.05) is 31.2 Å². The third-order valence-electron chi connectivity index (χ3n) is 3.39. The molecule has 0 spiro atoms. The number of pyridine rings is 1. The van der Waals surface area contributed by atoms with Crippen LogP contribution in [0.5, 0.6) is 5.88 Å². The Balaban J connectivity index is 1.83. The standard InChI is InChI=1S/C16H17N5O2/c1-3-23-15-12(6-4-7-18-15)11-20(2)16(22)13-10-19-21-9-5-8-17-14(13)21/h4-10H,3,11H2,1-2H3. The van der Waals surface area contributed by atoms with Crippen LogP contribution in [0.15, 0.2) is 43.0 Å². The van der Waals surface area contributed by atoms with Crippen LogP contribution in [-0.2, 0) is 6.54 Å². The van der Waals surface area contributed by atoms with Gasteiger partial charge in [-0.3, -0.25) is 4.79 Å². The van der Waals surface area contributed by atoms with Gasteiger partial charge in [-0.25, -0.2) is 14.5 Å². The molecule has 1 amide bonds. The van der Waals surface area contributed by atoms with Crippen LogP contribution < -0.4 is 4.74 Å². The lowest BCUT2D eigenvalue weighted by Crippen LogP contribution is -2.26. The average molecular weight is 311 g/mol. The van der Waals surface area contributed by atoms with Crippen LogP contribution in [0.3, 0.4) is 0 Å². The van der Waals surface area contributed by atoms with Crippen molar-refractivity contribution >= 4 is 11.6 Å². The quantitative estimate of drug-likeness (QED) is 0.718. The molecule has 0 atom stereocenters. The van der Waals surface area contributed by atoms with Crippen LogP contribution >= 0.6 is 0 Å². The number of ether oxygens (including phenoxy) is 1. The Bertz CT molecular complexity index is 830. The first-order chi connectivity index (χ1) is 11.2. The molecule has 0 bridgehead atoms. The first kappa shape index (κ1) is 15.0. The molecule has 3 heterocycles. The highest BCUT2D eigenvalue weighted by Gasteiger charge is 2.19. The zero-order valence-corrected chi connectivity index (χ0v) is 13.0. The van der Waals surface area contributed by atoms with Crippen molar-refractivity contribution in [3.8, 4) is 5.88 Å². The molecule has 3 aromatic rings. The first-order valence-corrected chi connectivity index (χ1v) is 7.31. The summed E-state index contributed by atoms with van der Waals surface area (Å²) in [6, 6.07) is 5.49. The fraction of sp³-hybridized carbons (Fsp3) is 0.250. The topological polar surface area (TPSA) is 72.6 Å². The van der Waals surface area contributed by atoms with Crippen molar-refractivity contribution in [2.75, 3.05) is 13.7 Å². The van der Waals surface area contributed by atoms with Crippen LogP contribution in [0.2, 0.25) is 0 Å². The number of hydrogen-bond acceptors (Lipinski definition) is 5. The number of fused-ring (bicyclic) bond motifs is 1. The van der Waals surface area contributed by atoms with Crippen molar-refractivity contribution in [3.05, 3.63) is 54.1 Å². The molecule has 7 heteroatoms. The molecular weight excluding hydrogens is 294 g/mol. The average Bonchev–Trinajstić information content (AvgIpc) is 3.00. The van der Waals surface area contributed by atoms with Crippen LogP contribution in [0.4, 0.5) is 0 Å². The monoisotopic (exact) mass is 311 g/mol. The minimum atomic E-state index is -0.148. The minimum Gasteiger partial charge on any atom is -0.478 e. The smallest absolute Gasteiger partial charge is 0.259 e. The van der Waals surface area contributed by atoms with E-state index >= 15 is 0 Å². The summed E-state index contributed by atoms with van der Waals surface area (Å²) < 4.78 is 7.08. The van der Waals surface area contributed by atoms with E-state index in [-0.39, 0.29) is 5.91 Å². The number of rotatable bonds is 5. The fourth-order valence-electron chi connectivity index (χ4n) is 2.32. The molecule has 23 heavy (non-hydrogen) atoms. The zero-order chi connectivity index (χ0) is 16.2. The molecule has 7 nitrogen and oxygen atoms in total. The normalized spacial score (nSPS) is 10.7. The van der Waals surface area contributed by atoms with Crippen LogP contribution in [-0.4, -0.2) is 44.0 Å². The molecule has 3 rings (SSSR count). The molecule has 118 valence electrons. The lowest BCUT2D eigenvalue weighted by atomic mass is 10.2. The van der Waals surface area contributed by atoms with E-state index in [0.717, 1.165) is 5.56 Å². The molecular formula is C16H17N5O2. The summed E-state index contributed by atoms with van der Waals surface area (Å²) in [4.78, 5) is 22.7. The summed E-state index contributed by atoms with van der Waals surface area (Å²) in [5.74, 6) is 0.401. The zero-order valence-electron chi connectivity index (χ0n) is 13.0. The second kappa shape index (κ2) is 6.43. The minimum absolute atomic E-state index is 0.148. The Morgan fingerprint density at radius 3 is 2.96 bits per heavy atom. The van der Waals surface area contributed by atoms with E-state index in [1.165, 1.54) is 6.20 Å². The lowest BCUT2D eigenvalue weighted by Gasteiger charge is -2.18. The van der Waals surface area contributed by atoms with Crippen LogP contribution in [0.1, 0.15) is 22.8 Å². The van der Waals surface area contributed by atoms with Crippen molar-refractivity contribution in [1.29, 1.82) is 0 Å². The van der Waals surface area contributed by atoms with Gasteiger partial charge in [0.15, 0.2) is 5.65 Å². The molecule has 0 saturated carbocycles. The highest BCUT2D eigenvalue weighted by Crippen LogP contribution is 2.18. The summed E-state index contributed by atoms with van der Waals surface area (Å²) >= 11 is 0. The SMILES string of the molecule is CCOc1ncccc1CN(C)C(=O)c1cnn2cccnc12. The van der Waals surface area contributed by atoms with Crippen LogP contribution in [0.25, 0.3) is 5.65 Å². The van der Waals surface area contributed by atoms with Crippen molar-refractivity contribution in [3.63, 3.8) is 0 Å². The Morgan fingerprint density at radius 2 is 2.13 bits per heavy atom. The van der Waals surface area contributed by atoms with E-state index < -0.39 is 0 Å². The molecule has 0 fully saturated rings. The van der Waals surface area contributed by atoms with Crippen LogP contribution in [0, 0.1) is 0 Å². The van der Waals surface area contributed by atoms with E-state index in [1.807, 2.05) is 19.1 Å². The van der Waals surface area contributed by atoms with Gasteiger partial charge in [0.05, 0.1) is 19.3 Å². The number of aromatic nitrogens is 4. The maximum atomic E-state index is 12.7. The largest absolute Gasteiger partial charge is 0.478 e. The maximum absolute atomic E-state index is 12.7.